The second kappa shape index (κ2) is 12.3. The molecule has 0 fully saturated rings. The lowest BCUT2D eigenvalue weighted by molar-refractivity contribution is 0.620. The summed E-state index contributed by atoms with van der Waals surface area (Å²) in [6.45, 7) is 0. The smallest absolute Gasteiger partial charge is 0.227 e. The fourth-order valence-corrected chi connectivity index (χ4v) is 8.91. The Labute approximate surface area is 314 Å². The monoisotopic (exact) mass is 710 g/mol. The molecule has 0 saturated heterocycles. The van der Waals surface area contributed by atoms with Crippen molar-refractivity contribution in [3.8, 4) is 33.7 Å². The van der Waals surface area contributed by atoms with Crippen molar-refractivity contribution in [3.05, 3.63) is 182 Å². The Bertz CT molecular complexity index is 3140. The van der Waals surface area contributed by atoms with E-state index in [4.69, 9.17) is 13.8 Å². The highest BCUT2D eigenvalue weighted by molar-refractivity contribution is 7.26. The minimum Gasteiger partial charge on any atom is -0.456 e. The Kier molecular flexibility index (Phi) is 7.00. The Morgan fingerprint density at radius 1 is 0.407 bits per heavy atom. The van der Waals surface area contributed by atoms with Gasteiger partial charge < -0.3 is 13.7 Å². The fourth-order valence-electron chi connectivity index (χ4n) is 7.67. The third-order valence-electron chi connectivity index (χ3n) is 10.3. The van der Waals surface area contributed by atoms with E-state index in [1.165, 1.54) is 42.4 Å². The molecule has 0 saturated carbocycles. The van der Waals surface area contributed by atoms with Gasteiger partial charge in [-0.2, -0.15) is 0 Å². The zero-order valence-electron chi connectivity index (χ0n) is 28.9. The summed E-state index contributed by atoms with van der Waals surface area (Å²) in [6.07, 6.45) is 0. The van der Waals surface area contributed by atoms with Crippen molar-refractivity contribution in [2.75, 3.05) is 4.90 Å². The summed E-state index contributed by atoms with van der Waals surface area (Å²) >= 11 is 1.86. The number of nitrogens with zero attached hydrogens (tertiary/aromatic N) is 2. The van der Waals surface area contributed by atoms with Crippen LogP contribution in [0.15, 0.2) is 191 Å². The number of rotatable bonds is 6. The van der Waals surface area contributed by atoms with E-state index in [9.17, 15) is 0 Å². The zero-order valence-corrected chi connectivity index (χ0v) is 29.8. The van der Waals surface area contributed by atoms with Gasteiger partial charge in [0.2, 0.25) is 5.89 Å². The molecule has 3 heterocycles. The molecule has 11 rings (SSSR count). The lowest BCUT2D eigenvalue weighted by Gasteiger charge is -2.26. The first-order chi connectivity index (χ1) is 26.7. The van der Waals surface area contributed by atoms with Gasteiger partial charge in [0.1, 0.15) is 16.7 Å². The molecule has 254 valence electrons. The zero-order chi connectivity index (χ0) is 35.6. The molecule has 54 heavy (non-hydrogen) atoms. The Morgan fingerprint density at radius 2 is 1.04 bits per heavy atom. The third kappa shape index (κ3) is 5.09. The average Bonchev–Trinajstić information content (AvgIpc) is 3.94. The average molecular weight is 711 g/mol. The van der Waals surface area contributed by atoms with Gasteiger partial charge in [-0.15, -0.1) is 11.3 Å². The fraction of sp³-hybridized carbons (Fsp3) is 0. The van der Waals surface area contributed by atoms with Crippen LogP contribution >= 0.6 is 11.3 Å². The van der Waals surface area contributed by atoms with Gasteiger partial charge in [-0.3, -0.25) is 0 Å². The standard InChI is InChI=1S/C49H30N2O2S/c1-3-10-31(11-4-1)32-18-22-35(23-19-32)51(36-24-20-33(21-25-36)38-15-9-16-40-39-14-7-8-17-47(39)54-48(38)40)37-26-27-44-41(28-37)42-29-46-43(30-45(42)52-44)50-49(53-46)34-12-5-2-6-13-34/h1-30H. The van der Waals surface area contributed by atoms with Crippen molar-refractivity contribution >= 4 is 81.6 Å². The molecule has 8 aromatic carbocycles. The molecule has 11 aromatic rings. The molecule has 0 unspecified atom stereocenters. The number of anilines is 3. The van der Waals surface area contributed by atoms with Crippen LogP contribution < -0.4 is 4.90 Å². The maximum Gasteiger partial charge on any atom is 0.227 e. The SMILES string of the molecule is c1ccc(-c2ccc(N(c3ccc(-c4cccc5c4sc4ccccc45)cc3)c3ccc4oc5cc6nc(-c7ccccc7)oc6cc5c4c3)cc2)cc1. The van der Waals surface area contributed by atoms with Crippen LogP contribution in [0.1, 0.15) is 0 Å². The maximum atomic E-state index is 6.41. The second-order valence-electron chi connectivity index (χ2n) is 13.6. The highest BCUT2D eigenvalue weighted by Gasteiger charge is 2.19. The minimum absolute atomic E-state index is 0.598. The van der Waals surface area contributed by atoms with Crippen LogP contribution in [-0.2, 0) is 0 Å². The number of aromatic nitrogens is 1. The van der Waals surface area contributed by atoms with Gasteiger partial charge in [-0.05, 0) is 89.0 Å². The van der Waals surface area contributed by atoms with Crippen molar-refractivity contribution in [3.63, 3.8) is 0 Å². The van der Waals surface area contributed by atoms with Crippen molar-refractivity contribution in [1.29, 1.82) is 0 Å². The van der Waals surface area contributed by atoms with Crippen LogP contribution in [0.5, 0.6) is 0 Å². The first-order valence-corrected chi connectivity index (χ1v) is 18.8. The molecule has 0 aliphatic carbocycles. The lowest BCUT2D eigenvalue weighted by atomic mass is 10.0. The van der Waals surface area contributed by atoms with Crippen LogP contribution in [-0.4, -0.2) is 4.98 Å². The van der Waals surface area contributed by atoms with E-state index >= 15 is 0 Å². The van der Waals surface area contributed by atoms with Crippen LogP contribution in [0.4, 0.5) is 17.1 Å². The highest BCUT2D eigenvalue weighted by atomic mass is 32.1. The largest absolute Gasteiger partial charge is 0.456 e. The molecule has 0 aliphatic rings. The van der Waals surface area contributed by atoms with Gasteiger partial charge in [-0.25, -0.2) is 4.98 Å². The summed E-state index contributed by atoms with van der Waals surface area (Å²) in [5.41, 5.74) is 12.0. The van der Waals surface area contributed by atoms with Gasteiger partial charge in [0, 0.05) is 59.6 Å². The topological polar surface area (TPSA) is 42.4 Å². The number of hydrogen-bond donors (Lipinski definition) is 0. The maximum absolute atomic E-state index is 6.41. The van der Waals surface area contributed by atoms with Crippen molar-refractivity contribution in [2.45, 2.75) is 0 Å². The molecule has 0 atom stereocenters. The number of fused-ring (bicyclic) bond motifs is 7. The summed E-state index contributed by atoms with van der Waals surface area (Å²) in [5.74, 6) is 0.598. The highest BCUT2D eigenvalue weighted by Crippen LogP contribution is 2.43. The molecule has 0 amide bonds. The molecular weight excluding hydrogens is 681 g/mol. The molecule has 5 heteroatoms. The first-order valence-electron chi connectivity index (χ1n) is 18.0. The van der Waals surface area contributed by atoms with Crippen LogP contribution in [0.3, 0.4) is 0 Å². The van der Waals surface area contributed by atoms with E-state index in [1.807, 2.05) is 47.7 Å². The summed E-state index contributed by atoms with van der Waals surface area (Å²) in [4.78, 5) is 7.10. The molecule has 0 aliphatic heterocycles. The predicted molar refractivity (Wildman–Crippen MR) is 225 cm³/mol. The normalized spacial score (nSPS) is 11.7. The van der Waals surface area contributed by atoms with Crippen molar-refractivity contribution in [1.82, 2.24) is 4.98 Å². The van der Waals surface area contributed by atoms with Gasteiger partial charge >= 0.3 is 0 Å². The molecule has 0 radical (unpaired) electrons. The number of thiophene rings is 1. The Balaban J connectivity index is 1.03. The Hall–Kier alpha value is -6.95. The molecule has 0 N–H and O–H groups in total. The van der Waals surface area contributed by atoms with Gasteiger partial charge in [-0.1, -0.05) is 109 Å². The van der Waals surface area contributed by atoms with Crippen LogP contribution in [0.2, 0.25) is 0 Å². The molecule has 0 spiro atoms. The van der Waals surface area contributed by atoms with E-state index in [2.05, 4.69) is 150 Å². The van der Waals surface area contributed by atoms with Gasteiger partial charge in [0.15, 0.2) is 5.58 Å². The third-order valence-corrected chi connectivity index (χ3v) is 11.5. The van der Waals surface area contributed by atoms with E-state index in [0.717, 1.165) is 55.7 Å². The van der Waals surface area contributed by atoms with Gasteiger partial charge in [0.05, 0.1) is 0 Å². The summed E-state index contributed by atoms with van der Waals surface area (Å²) in [6, 6.07) is 64.0. The Morgan fingerprint density at radius 3 is 1.81 bits per heavy atom. The van der Waals surface area contributed by atoms with Crippen LogP contribution in [0.25, 0.3) is 86.9 Å². The van der Waals surface area contributed by atoms with E-state index in [0.29, 0.717) is 5.89 Å². The van der Waals surface area contributed by atoms with Crippen molar-refractivity contribution < 1.29 is 8.83 Å². The first kappa shape index (κ1) is 30.7. The van der Waals surface area contributed by atoms with Crippen LogP contribution in [0, 0.1) is 0 Å². The molecular formula is C49H30N2O2S. The van der Waals surface area contributed by atoms with E-state index < -0.39 is 0 Å². The number of furan rings is 1. The summed E-state index contributed by atoms with van der Waals surface area (Å²) < 4.78 is 15.3. The minimum atomic E-state index is 0.598. The predicted octanol–water partition coefficient (Wildman–Crippen LogP) is 14.6. The van der Waals surface area contributed by atoms with E-state index in [-0.39, 0.29) is 0 Å². The number of benzene rings is 8. The van der Waals surface area contributed by atoms with E-state index in [1.54, 1.807) is 0 Å². The second-order valence-corrected chi connectivity index (χ2v) is 14.6. The number of oxazole rings is 1. The lowest BCUT2D eigenvalue weighted by Crippen LogP contribution is -2.09. The summed E-state index contributed by atoms with van der Waals surface area (Å²) in [7, 11) is 0. The van der Waals surface area contributed by atoms with Gasteiger partial charge in [0.25, 0.3) is 0 Å². The molecule has 0 bridgehead atoms. The number of hydrogen-bond acceptors (Lipinski definition) is 5. The summed E-state index contributed by atoms with van der Waals surface area (Å²) in [5, 5.41) is 4.61. The van der Waals surface area contributed by atoms with Crippen molar-refractivity contribution in [2.24, 2.45) is 0 Å². The molecule has 3 aromatic heterocycles. The molecule has 4 nitrogen and oxygen atoms in total. The quantitative estimate of drug-likeness (QED) is 0.172.